The predicted octanol–water partition coefficient (Wildman–Crippen LogP) is 11.0. The van der Waals surface area contributed by atoms with E-state index in [1.807, 2.05) is 58.0 Å². The van der Waals surface area contributed by atoms with Gasteiger partial charge in [-0.2, -0.15) is 0 Å². The van der Waals surface area contributed by atoms with Gasteiger partial charge in [-0.25, -0.2) is 4.39 Å². The van der Waals surface area contributed by atoms with Gasteiger partial charge in [0.15, 0.2) is 5.78 Å². The second-order valence-electron chi connectivity index (χ2n) is 14.2. The first-order valence-corrected chi connectivity index (χ1v) is 21.1. The van der Waals surface area contributed by atoms with Crippen LogP contribution < -0.4 is 9.69 Å². The molecule has 3 aromatic carbocycles. The maximum atomic E-state index is 15.8. The number of fused-ring (bicyclic) bond motifs is 2. The van der Waals surface area contributed by atoms with Crippen molar-refractivity contribution in [3.8, 4) is 11.3 Å². The fourth-order valence-corrected chi connectivity index (χ4v) is 10.9. The molecule has 0 unspecified atom stereocenters. The maximum absolute atomic E-state index is 15.8. The van der Waals surface area contributed by atoms with E-state index in [2.05, 4.69) is 76.3 Å². The number of aliphatic hydroxyl groups is 1. The topological polar surface area (TPSA) is 50.2 Å². The summed E-state index contributed by atoms with van der Waals surface area (Å²) in [4.78, 5) is 16.5. The van der Waals surface area contributed by atoms with Gasteiger partial charge in [0.05, 0.1) is 5.76 Å². The molecule has 2 aromatic heterocycles. The van der Waals surface area contributed by atoms with Gasteiger partial charge in [0.25, 0.3) is 0 Å². The number of carbonyl (C=O) groups is 1. The largest absolute Gasteiger partial charge is 0.512 e. The van der Waals surface area contributed by atoms with Crippen LogP contribution in [0.1, 0.15) is 79.7 Å². The second kappa shape index (κ2) is 17.3. The van der Waals surface area contributed by atoms with Crippen molar-refractivity contribution in [1.29, 1.82) is 0 Å². The van der Waals surface area contributed by atoms with Crippen molar-refractivity contribution in [3.05, 3.63) is 102 Å². The third-order valence-electron chi connectivity index (χ3n) is 9.53. The third-order valence-corrected chi connectivity index (χ3v) is 15.5. The summed E-state index contributed by atoms with van der Waals surface area (Å²) in [5, 5.41) is 13.9. The first-order valence-electron chi connectivity index (χ1n) is 17.3. The number of rotatable bonds is 10. The van der Waals surface area contributed by atoms with Crippen LogP contribution in [0.2, 0.25) is 13.1 Å². The molecule has 0 aliphatic heterocycles. The molecular formula is C42H51FIrNO2SSi-. The number of ketones is 1. The molecule has 49 heavy (non-hydrogen) atoms. The van der Waals surface area contributed by atoms with Crippen LogP contribution in [0, 0.1) is 23.7 Å². The Labute approximate surface area is 311 Å². The van der Waals surface area contributed by atoms with E-state index in [-0.39, 0.29) is 54.7 Å². The minimum atomic E-state index is -2.19. The summed E-state index contributed by atoms with van der Waals surface area (Å²) < 4.78 is 17.6. The van der Waals surface area contributed by atoms with Crippen LogP contribution in [0.5, 0.6) is 0 Å². The maximum Gasteiger partial charge on any atom is 0.162 e. The number of aromatic nitrogens is 1. The van der Waals surface area contributed by atoms with Crippen LogP contribution in [0.3, 0.4) is 0 Å². The molecule has 5 aromatic rings. The third kappa shape index (κ3) is 9.04. The zero-order valence-corrected chi connectivity index (χ0v) is 34.6. The van der Waals surface area contributed by atoms with Gasteiger partial charge in [-0.15, -0.1) is 40.5 Å². The van der Waals surface area contributed by atoms with E-state index < -0.39 is 8.07 Å². The van der Waals surface area contributed by atoms with Crippen LogP contribution in [0.4, 0.5) is 4.39 Å². The number of halogens is 1. The normalized spacial score (nSPS) is 12.3. The summed E-state index contributed by atoms with van der Waals surface area (Å²) >= 11 is 1.57. The van der Waals surface area contributed by atoms with Crippen LogP contribution in [-0.4, -0.2) is 23.9 Å². The molecule has 7 heteroatoms. The van der Waals surface area contributed by atoms with Crippen LogP contribution in [0.25, 0.3) is 32.1 Å². The molecule has 0 aliphatic rings. The van der Waals surface area contributed by atoms with Gasteiger partial charge in [-0.05, 0) is 37.2 Å². The number of benzene rings is 3. The van der Waals surface area contributed by atoms with E-state index in [1.54, 1.807) is 17.5 Å². The Hall–Kier alpha value is -2.96. The molecule has 263 valence electrons. The Kier molecular flexibility index (Phi) is 14.3. The molecule has 0 bridgehead atoms. The summed E-state index contributed by atoms with van der Waals surface area (Å²) in [5.74, 6) is 0.460. The number of aliphatic hydroxyl groups excluding tert-OH is 1. The monoisotopic (exact) mass is 873 g/mol. The van der Waals surface area contributed by atoms with Crippen LogP contribution in [-0.2, 0) is 30.3 Å². The number of hydrogen-bond donors (Lipinski definition) is 1. The fourth-order valence-electron chi connectivity index (χ4n) is 6.33. The summed E-state index contributed by atoms with van der Waals surface area (Å²) in [6.45, 7) is 19.2. The van der Waals surface area contributed by atoms with Crippen LogP contribution >= 0.6 is 11.3 Å². The Balaban J connectivity index is 0.000000347. The van der Waals surface area contributed by atoms with Crippen molar-refractivity contribution in [2.45, 2.75) is 92.7 Å². The van der Waals surface area contributed by atoms with Gasteiger partial charge in [-0.1, -0.05) is 126 Å². The smallest absolute Gasteiger partial charge is 0.162 e. The Morgan fingerprint density at radius 2 is 1.51 bits per heavy atom. The Morgan fingerprint density at radius 3 is 2.10 bits per heavy atom. The van der Waals surface area contributed by atoms with Crippen molar-refractivity contribution in [1.82, 2.24) is 4.98 Å². The second-order valence-corrected chi connectivity index (χ2v) is 19.9. The van der Waals surface area contributed by atoms with Crippen LogP contribution in [0.15, 0.2) is 84.8 Å². The molecule has 3 nitrogen and oxygen atoms in total. The standard InChI is InChI=1S/C29H27FNSSi.C13H24O2.Ir/c1-29(2,3)24-18-20(17-19-11-9-10-14-22(19)24)26-27-23(15-16-31-26)25(30)28(32-27)33(4,5)21-12-7-6-8-13-21;1-5-10(6-2)12(14)9-13(15)11(7-3)8-4;/h6-16,18H,1-5H3;9-11,14H,5-8H2,1-4H3;/q-1;;/b;12-9-;. The summed E-state index contributed by atoms with van der Waals surface area (Å²) in [6.07, 6.45) is 6.64. The zero-order valence-electron chi connectivity index (χ0n) is 30.4. The van der Waals surface area contributed by atoms with E-state index in [0.717, 1.165) is 51.5 Å². The van der Waals surface area contributed by atoms with Crippen molar-refractivity contribution in [2.75, 3.05) is 0 Å². The van der Waals surface area contributed by atoms with E-state index in [1.165, 1.54) is 22.2 Å². The average molecular weight is 873 g/mol. The number of allylic oxidation sites excluding steroid dienone is 2. The van der Waals surface area contributed by atoms with E-state index in [4.69, 9.17) is 4.98 Å². The number of nitrogens with zero attached hydrogens (tertiary/aromatic N) is 1. The van der Waals surface area contributed by atoms with E-state index >= 15 is 4.39 Å². The van der Waals surface area contributed by atoms with E-state index in [9.17, 15) is 9.90 Å². The molecule has 1 radical (unpaired) electrons. The Morgan fingerprint density at radius 1 is 0.918 bits per heavy atom. The molecule has 0 amide bonds. The number of pyridine rings is 1. The van der Waals surface area contributed by atoms with Gasteiger partial charge in [0, 0.05) is 64.5 Å². The van der Waals surface area contributed by atoms with Crippen molar-refractivity contribution < 1.29 is 34.4 Å². The zero-order chi connectivity index (χ0) is 35.2. The molecule has 0 aliphatic carbocycles. The van der Waals surface area contributed by atoms with Crippen molar-refractivity contribution >= 4 is 55.7 Å². The molecule has 5 rings (SSSR count). The van der Waals surface area contributed by atoms with E-state index in [0.29, 0.717) is 5.39 Å². The first-order chi connectivity index (χ1) is 22.8. The number of carbonyl (C=O) groups excluding carboxylic acids is 1. The van der Waals surface area contributed by atoms with Crippen molar-refractivity contribution in [3.63, 3.8) is 0 Å². The molecule has 0 spiro atoms. The average Bonchev–Trinajstić information content (AvgIpc) is 3.42. The number of hydrogen-bond acceptors (Lipinski definition) is 4. The number of thiophene rings is 1. The first kappa shape index (κ1) is 40.5. The quantitative estimate of drug-likeness (QED) is 0.0658. The molecule has 2 heterocycles. The Bertz CT molecular complexity index is 1890. The molecule has 0 atom stereocenters. The van der Waals surface area contributed by atoms with Gasteiger partial charge in [0.2, 0.25) is 0 Å². The van der Waals surface area contributed by atoms with Gasteiger partial charge in [0.1, 0.15) is 13.9 Å². The van der Waals surface area contributed by atoms with Gasteiger partial charge >= 0.3 is 0 Å². The minimum absolute atomic E-state index is 0. The predicted molar refractivity (Wildman–Crippen MR) is 207 cm³/mol. The molecule has 0 fully saturated rings. The molecule has 0 saturated heterocycles. The summed E-state index contributed by atoms with van der Waals surface area (Å²) in [7, 11) is -2.19. The summed E-state index contributed by atoms with van der Waals surface area (Å²) in [5.41, 5.74) is 2.96. The fraction of sp³-hybridized carbons (Fsp3) is 0.381. The SMILES string of the molecule is CC(C)(C)c1cc(-c2nccc3c(F)c([Si](C)(C)c4ccccc4)sc23)[c-]c2ccccc12.CCC(CC)C(=O)/C=C(\O)C(CC)CC.[Ir]. The molecular weight excluding hydrogens is 822 g/mol. The molecule has 0 saturated carbocycles. The van der Waals surface area contributed by atoms with Gasteiger partial charge < -0.3 is 5.11 Å². The molecule has 1 N–H and O–H groups in total. The minimum Gasteiger partial charge on any atom is -0.512 e. The summed E-state index contributed by atoms with van der Waals surface area (Å²) in [6, 6.07) is 26.3. The van der Waals surface area contributed by atoms with Gasteiger partial charge in [-0.3, -0.25) is 9.78 Å². The van der Waals surface area contributed by atoms with Crippen molar-refractivity contribution in [2.24, 2.45) is 11.8 Å².